The smallest absolute Gasteiger partial charge is 0.310 e. The fraction of sp³-hybridized carbons (Fsp3) is 0.846. The van der Waals surface area contributed by atoms with Crippen molar-refractivity contribution in [3.05, 3.63) is 0 Å². The number of rotatable bonds is 8. The van der Waals surface area contributed by atoms with Gasteiger partial charge in [-0.25, -0.2) is 0 Å². The highest BCUT2D eigenvalue weighted by Crippen LogP contribution is 2.31. The van der Waals surface area contributed by atoms with E-state index < -0.39 is 23.0 Å². The van der Waals surface area contributed by atoms with Crippen LogP contribution in [0.1, 0.15) is 34.6 Å². The Balaban J connectivity index is 4.57. The summed E-state index contributed by atoms with van der Waals surface area (Å²) in [5.74, 6) is -1.08. The van der Waals surface area contributed by atoms with Crippen LogP contribution in [0.25, 0.3) is 0 Å². The molecule has 0 spiro atoms. The fourth-order valence-corrected chi connectivity index (χ4v) is 1.48. The molecule has 0 aliphatic rings. The van der Waals surface area contributed by atoms with Gasteiger partial charge in [0.05, 0.1) is 18.1 Å². The van der Waals surface area contributed by atoms with Crippen LogP contribution in [0.15, 0.2) is 0 Å². The van der Waals surface area contributed by atoms with Crippen LogP contribution in [0.2, 0.25) is 0 Å². The molecule has 112 valence electrons. The fourth-order valence-electron chi connectivity index (χ4n) is 1.48. The molecule has 0 saturated carbocycles. The van der Waals surface area contributed by atoms with Crippen molar-refractivity contribution in [1.29, 1.82) is 0 Å². The highest BCUT2D eigenvalue weighted by Gasteiger charge is 2.44. The molecule has 0 rings (SSSR count). The van der Waals surface area contributed by atoms with Crippen LogP contribution in [0.3, 0.4) is 0 Å². The van der Waals surface area contributed by atoms with E-state index >= 15 is 0 Å². The molecule has 0 aromatic rings. The maximum Gasteiger partial charge on any atom is 0.310 e. The number of carboxylic acids is 1. The number of carbonyl (C=O) groups excluding carboxylic acids is 1. The first-order chi connectivity index (χ1) is 8.56. The van der Waals surface area contributed by atoms with Gasteiger partial charge >= 0.3 is 5.97 Å². The third kappa shape index (κ3) is 4.80. The summed E-state index contributed by atoms with van der Waals surface area (Å²) in [6.45, 7) is 9.42. The Labute approximate surface area is 114 Å². The summed E-state index contributed by atoms with van der Waals surface area (Å²) in [5, 5.41) is 15.0. The van der Waals surface area contributed by atoms with Crippen LogP contribution in [0.4, 0.5) is 0 Å². The molecule has 0 fully saturated rings. The number of aliphatic carboxylic acids is 1. The van der Waals surface area contributed by atoms with E-state index in [2.05, 4.69) is 10.6 Å². The summed E-state index contributed by atoms with van der Waals surface area (Å²) in [7, 11) is 1.56. The molecule has 0 heterocycles. The van der Waals surface area contributed by atoms with Crippen LogP contribution >= 0.6 is 0 Å². The van der Waals surface area contributed by atoms with Gasteiger partial charge in [0.15, 0.2) is 0 Å². The SMILES string of the molecule is COCCNC(=O)C(C)NC(C)(C)C(C)(C)C(=O)O. The Hall–Kier alpha value is -1.14. The van der Waals surface area contributed by atoms with Gasteiger partial charge in [-0.15, -0.1) is 0 Å². The lowest BCUT2D eigenvalue weighted by atomic mass is 9.74. The largest absolute Gasteiger partial charge is 0.481 e. The first-order valence-electron chi connectivity index (χ1n) is 6.34. The van der Waals surface area contributed by atoms with Crippen molar-refractivity contribution in [2.75, 3.05) is 20.3 Å². The summed E-state index contributed by atoms with van der Waals surface area (Å²) in [5.41, 5.74) is -1.72. The topological polar surface area (TPSA) is 87.7 Å². The van der Waals surface area contributed by atoms with Gasteiger partial charge in [0, 0.05) is 19.2 Å². The second kappa shape index (κ2) is 6.86. The first-order valence-corrected chi connectivity index (χ1v) is 6.34. The highest BCUT2D eigenvalue weighted by molar-refractivity contribution is 5.81. The number of ether oxygens (including phenoxy) is 1. The average Bonchev–Trinajstić information content (AvgIpc) is 2.27. The minimum atomic E-state index is -0.992. The predicted molar refractivity (Wildman–Crippen MR) is 73.0 cm³/mol. The molecule has 3 N–H and O–H groups in total. The molecule has 1 amide bonds. The molecular formula is C13H26N2O4. The monoisotopic (exact) mass is 274 g/mol. The highest BCUT2D eigenvalue weighted by atomic mass is 16.5. The molecule has 0 bridgehead atoms. The average molecular weight is 274 g/mol. The van der Waals surface area contributed by atoms with Gasteiger partial charge in [-0.1, -0.05) is 0 Å². The van der Waals surface area contributed by atoms with Crippen LogP contribution in [-0.4, -0.2) is 48.8 Å². The molecule has 1 atom stereocenters. The normalized spacial score (nSPS) is 14.0. The first kappa shape index (κ1) is 17.9. The van der Waals surface area contributed by atoms with Crippen molar-refractivity contribution in [3.8, 4) is 0 Å². The molecule has 6 heteroatoms. The van der Waals surface area contributed by atoms with Crippen LogP contribution in [-0.2, 0) is 14.3 Å². The van der Waals surface area contributed by atoms with E-state index in [0.29, 0.717) is 13.2 Å². The van der Waals surface area contributed by atoms with Crippen molar-refractivity contribution in [1.82, 2.24) is 10.6 Å². The van der Waals surface area contributed by atoms with Crippen molar-refractivity contribution in [3.63, 3.8) is 0 Å². The van der Waals surface area contributed by atoms with E-state index in [0.717, 1.165) is 0 Å². The second-order valence-corrected chi connectivity index (χ2v) is 5.71. The molecular weight excluding hydrogens is 248 g/mol. The molecule has 0 saturated heterocycles. The zero-order valence-corrected chi connectivity index (χ0v) is 12.7. The number of hydrogen-bond acceptors (Lipinski definition) is 4. The standard InChI is InChI=1S/C13H26N2O4/c1-9(10(16)14-7-8-19-6)15-13(4,5)12(2,3)11(17)18/h9,15H,7-8H2,1-6H3,(H,14,16)(H,17,18). The van der Waals surface area contributed by atoms with E-state index in [1.807, 2.05) is 0 Å². The molecule has 1 unspecified atom stereocenters. The van der Waals surface area contributed by atoms with Crippen LogP contribution < -0.4 is 10.6 Å². The van der Waals surface area contributed by atoms with Crippen molar-refractivity contribution < 1.29 is 19.4 Å². The van der Waals surface area contributed by atoms with E-state index in [9.17, 15) is 14.7 Å². The third-order valence-corrected chi connectivity index (χ3v) is 3.67. The second-order valence-electron chi connectivity index (χ2n) is 5.71. The summed E-state index contributed by atoms with van der Waals surface area (Å²) >= 11 is 0. The summed E-state index contributed by atoms with van der Waals surface area (Å²) in [4.78, 5) is 23.1. The van der Waals surface area contributed by atoms with Crippen LogP contribution in [0, 0.1) is 5.41 Å². The third-order valence-electron chi connectivity index (χ3n) is 3.67. The van der Waals surface area contributed by atoms with Crippen molar-refractivity contribution in [2.24, 2.45) is 5.41 Å². The van der Waals surface area contributed by atoms with Crippen molar-refractivity contribution in [2.45, 2.75) is 46.2 Å². The number of methoxy groups -OCH3 is 1. The number of amides is 1. The quantitative estimate of drug-likeness (QED) is 0.565. The number of carboxylic acid groups (broad SMARTS) is 1. The summed E-state index contributed by atoms with van der Waals surface area (Å²) in [6, 6.07) is -0.481. The Morgan fingerprint density at radius 2 is 1.79 bits per heavy atom. The maximum atomic E-state index is 11.8. The van der Waals surface area contributed by atoms with Gasteiger partial charge in [0.2, 0.25) is 5.91 Å². The molecule has 0 aliphatic heterocycles. The zero-order chi connectivity index (χ0) is 15.3. The Bertz CT molecular complexity index is 327. The van der Waals surface area contributed by atoms with Gasteiger partial charge in [0.25, 0.3) is 0 Å². The number of carbonyl (C=O) groups is 2. The van der Waals surface area contributed by atoms with E-state index in [4.69, 9.17) is 4.74 Å². The van der Waals surface area contributed by atoms with Crippen LogP contribution in [0.5, 0.6) is 0 Å². The lowest BCUT2D eigenvalue weighted by Gasteiger charge is -2.40. The minimum Gasteiger partial charge on any atom is -0.481 e. The predicted octanol–water partition coefficient (Wildman–Crippen LogP) is 0.617. The minimum absolute atomic E-state index is 0.175. The number of nitrogens with one attached hydrogen (secondary N) is 2. The molecule has 0 aromatic carbocycles. The zero-order valence-electron chi connectivity index (χ0n) is 12.7. The Kier molecular flexibility index (Phi) is 6.45. The summed E-state index contributed by atoms with van der Waals surface area (Å²) < 4.78 is 4.85. The van der Waals surface area contributed by atoms with E-state index in [1.54, 1.807) is 41.7 Å². The molecule has 6 nitrogen and oxygen atoms in total. The summed E-state index contributed by atoms with van der Waals surface area (Å²) in [6.07, 6.45) is 0. The Morgan fingerprint density at radius 3 is 2.21 bits per heavy atom. The molecule has 0 aromatic heterocycles. The lowest BCUT2D eigenvalue weighted by molar-refractivity contribution is -0.151. The molecule has 19 heavy (non-hydrogen) atoms. The van der Waals surface area contributed by atoms with Gasteiger partial charge in [-0.2, -0.15) is 0 Å². The maximum absolute atomic E-state index is 11.8. The lowest BCUT2D eigenvalue weighted by Crippen LogP contribution is -2.60. The molecule has 0 radical (unpaired) electrons. The number of hydrogen-bond donors (Lipinski definition) is 3. The Morgan fingerprint density at radius 1 is 1.26 bits per heavy atom. The van der Waals surface area contributed by atoms with E-state index in [1.165, 1.54) is 0 Å². The van der Waals surface area contributed by atoms with Gasteiger partial charge in [-0.05, 0) is 34.6 Å². The van der Waals surface area contributed by atoms with Gasteiger partial charge in [-0.3, -0.25) is 14.9 Å². The molecule has 0 aliphatic carbocycles. The van der Waals surface area contributed by atoms with Gasteiger partial charge in [0.1, 0.15) is 0 Å². The van der Waals surface area contributed by atoms with E-state index in [-0.39, 0.29) is 5.91 Å². The van der Waals surface area contributed by atoms with Crippen molar-refractivity contribution >= 4 is 11.9 Å². The van der Waals surface area contributed by atoms with Gasteiger partial charge < -0.3 is 15.2 Å².